The first-order chi connectivity index (χ1) is 10.2. The Morgan fingerprint density at radius 1 is 1.43 bits per heavy atom. The smallest absolute Gasteiger partial charge is 0.274 e. The Morgan fingerprint density at radius 2 is 2.24 bits per heavy atom. The third-order valence-electron chi connectivity index (χ3n) is 4.45. The van der Waals surface area contributed by atoms with E-state index in [1.54, 1.807) is 4.90 Å². The lowest BCUT2D eigenvalue weighted by atomic mass is 9.95. The van der Waals surface area contributed by atoms with Gasteiger partial charge in [-0.1, -0.05) is 0 Å². The number of ether oxygens (including phenoxy) is 1. The molecule has 1 saturated heterocycles. The molecule has 1 aromatic heterocycles. The largest absolute Gasteiger partial charge is 0.396 e. The van der Waals surface area contributed by atoms with Crippen LogP contribution in [0.5, 0.6) is 0 Å². The van der Waals surface area contributed by atoms with Crippen LogP contribution in [0, 0.1) is 5.92 Å². The average Bonchev–Trinajstić information content (AvgIpc) is 2.71. The molecular formula is C15H23N3O3. The molecule has 0 spiro atoms. The number of aromatic nitrogens is 2. The summed E-state index contributed by atoms with van der Waals surface area (Å²) in [7, 11) is 1.92. The van der Waals surface area contributed by atoms with Gasteiger partial charge in [-0.05, 0) is 25.7 Å². The lowest BCUT2D eigenvalue weighted by Gasteiger charge is -2.22. The van der Waals surface area contributed by atoms with E-state index in [0.717, 1.165) is 24.8 Å². The van der Waals surface area contributed by atoms with E-state index in [0.29, 0.717) is 32.0 Å². The number of carbonyl (C=O) groups is 1. The van der Waals surface area contributed by atoms with E-state index in [9.17, 15) is 9.90 Å². The van der Waals surface area contributed by atoms with Crippen molar-refractivity contribution in [2.45, 2.75) is 25.7 Å². The normalized spacial score (nSPS) is 22.8. The molecule has 1 atom stereocenters. The molecule has 1 N–H and O–H groups in total. The van der Waals surface area contributed by atoms with Gasteiger partial charge in [0, 0.05) is 43.9 Å². The summed E-state index contributed by atoms with van der Waals surface area (Å²) < 4.78 is 7.31. The highest BCUT2D eigenvalue weighted by atomic mass is 16.5. The van der Waals surface area contributed by atoms with Gasteiger partial charge >= 0.3 is 0 Å². The van der Waals surface area contributed by atoms with Gasteiger partial charge in [0.1, 0.15) is 0 Å². The van der Waals surface area contributed by atoms with Crippen LogP contribution in [0.1, 0.15) is 34.6 Å². The summed E-state index contributed by atoms with van der Waals surface area (Å²) in [5, 5.41) is 13.8. The van der Waals surface area contributed by atoms with E-state index in [1.807, 2.05) is 11.7 Å². The zero-order chi connectivity index (χ0) is 14.8. The molecular weight excluding hydrogens is 270 g/mol. The summed E-state index contributed by atoms with van der Waals surface area (Å²) in [5.41, 5.74) is 2.93. The van der Waals surface area contributed by atoms with Crippen molar-refractivity contribution < 1.29 is 14.6 Å². The summed E-state index contributed by atoms with van der Waals surface area (Å²) in [6.45, 7) is 2.20. The first-order valence-electron chi connectivity index (χ1n) is 7.73. The van der Waals surface area contributed by atoms with Crippen molar-refractivity contribution in [1.29, 1.82) is 0 Å². The zero-order valence-corrected chi connectivity index (χ0v) is 12.5. The van der Waals surface area contributed by atoms with E-state index in [2.05, 4.69) is 5.10 Å². The second-order valence-corrected chi connectivity index (χ2v) is 5.98. The number of amides is 1. The number of hydrogen-bond donors (Lipinski definition) is 1. The second-order valence-electron chi connectivity index (χ2n) is 5.98. The quantitative estimate of drug-likeness (QED) is 0.856. The number of nitrogens with zero attached hydrogens (tertiary/aromatic N) is 3. The van der Waals surface area contributed by atoms with Crippen LogP contribution in [-0.4, -0.2) is 58.6 Å². The second kappa shape index (κ2) is 6.15. The fourth-order valence-electron chi connectivity index (χ4n) is 3.27. The summed E-state index contributed by atoms with van der Waals surface area (Å²) in [6, 6.07) is 0. The zero-order valence-electron chi connectivity index (χ0n) is 12.5. The number of hydrogen-bond acceptors (Lipinski definition) is 4. The van der Waals surface area contributed by atoms with Gasteiger partial charge in [-0.3, -0.25) is 9.48 Å². The molecule has 116 valence electrons. The van der Waals surface area contributed by atoms with Crippen LogP contribution in [0.15, 0.2) is 0 Å². The standard InChI is InChI=1S/C15H23N3O3/c1-17-13-5-3-2-4-12(13)14(16-17)15(20)18-6-7-21-10-11(8-18)9-19/h11,19H,2-10H2,1H3. The van der Waals surface area contributed by atoms with Crippen molar-refractivity contribution in [3.05, 3.63) is 17.0 Å². The van der Waals surface area contributed by atoms with Crippen molar-refractivity contribution in [3.63, 3.8) is 0 Å². The van der Waals surface area contributed by atoms with Crippen LogP contribution < -0.4 is 0 Å². The van der Waals surface area contributed by atoms with E-state index in [1.165, 1.54) is 12.1 Å². The monoisotopic (exact) mass is 293 g/mol. The van der Waals surface area contributed by atoms with E-state index in [-0.39, 0.29) is 18.4 Å². The molecule has 6 nitrogen and oxygen atoms in total. The van der Waals surface area contributed by atoms with Crippen molar-refractivity contribution >= 4 is 5.91 Å². The van der Waals surface area contributed by atoms with Gasteiger partial charge < -0.3 is 14.7 Å². The van der Waals surface area contributed by atoms with Gasteiger partial charge in [0.2, 0.25) is 0 Å². The lowest BCUT2D eigenvalue weighted by Crippen LogP contribution is -2.37. The Morgan fingerprint density at radius 3 is 3.05 bits per heavy atom. The molecule has 6 heteroatoms. The summed E-state index contributed by atoms with van der Waals surface area (Å²) in [4.78, 5) is 14.6. The average molecular weight is 293 g/mol. The molecule has 21 heavy (non-hydrogen) atoms. The number of rotatable bonds is 2. The van der Waals surface area contributed by atoms with Crippen LogP contribution in [0.2, 0.25) is 0 Å². The van der Waals surface area contributed by atoms with Crippen molar-refractivity contribution in [3.8, 4) is 0 Å². The van der Waals surface area contributed by atoms with Crippen LogP contribution in [0.3, 0.4) is 0 Å². The fraction of sp³-hybridized carbons (Fsp3) is 0.733. The Balaban J connectivity index is 1.84. The fourth-order valence-corrected chi connectivity index (χ4v) is 3.27. The van der Waals surface area contributed by atoms with Crippen LogP contribution >= 0.6 is 0 Å². The predicted molar refractivity (Wildman–Crippen MR) is 77.1 cm³/mol. The number of aliphatic hydroxyl groups is 1. The van der Waals surface area contributed by atoms with E-state index >= 15 is 0 Å². The Kier molecular flexibility index (Phi) is 4.26. The highest BCUT2D eigenvalue weighted by molar-refractivity contribution is 5.94. The van der Waals surface area contributed by atoms with E-state index in [4.69, 9.17) is 4.74 Å². The van der Waals surface area contributed by atoms with Crippen LogP contribution in [0.25, 0.3) is 0 Å². The number of aliphatic hydroxyl groups excluding tert-OH is 1. The van der Waals surface area contributed by atoms with Crippen LogP contribution in [0.4, 0.5) is 0 Å². The third-order valence-corrected chi connectivity index (χ3v) is 4.45. The first kappa shape index (κ1) is 14.5. The first-order valence-corrected chi connectivity index (χ1v) is 7.73. The molecule has 0 aromatic carbocycles. The summed E-state index contributed by atoms with van der Waals surface area (Å²) in [6.07, 6.45) is 4.25. The molecule has 0 bridgehead atoms. The van der Waals surface area contributed by atoms with Gasteiger partial charge in [0.15, 0.2) is 5.69 Å². The molecule has 0 radical (unpaired) electrons. The van der Waals surface area contributed by atoms with Gasteiger partial charge in [0.05, 0.1) is 13.2 Å². The third kappa shape index (κ3) is 2.82. The molecule has 0 saturated carbocycles. The molecule has 1 aliphatic carbocycles. The molecule has 1 amide bonds. The molecule has 2 aliphatic rings. The summed E-state index contributed by atoms with van der Waals surface area (Å²) in [5.74, 6) is -0.0197. The van der Waals surface area contributed by atoms with Crippen LogP contribution in [-0.2, 0) is 24.6 Å². The molecule has 1 fully saturated rings. The summed E-state index contributed by atoms with van der Waals surface area (Å²) >= 11 is 0. The lowest BCUT2D eigenvalue weighted by molar-refractivity contribution is 0.0720. The van der Waals surface area contributed by atoms with Gasteiger partial charge in [-0.25, -0.2) is 0 Å². The predicted octanol–water partition coefficient (Wildman–Crippen LogP) is 0.380. The van der Waals surface area contributed by atoms with Crippen molar-refractivity contribution in [2.75, 3.05) is 32.9 Å². The number of fused-ring (bicyclic) bond motifs is 1. The maximum absolute atomic E-state index is 12.8. The van der Waals surface area contributed by atoms with Gasteiger partial charge in [0.25, 0.3) is 5.91 Å². The van der Waals surface area contributed by atoms with E-state index < -0.39 is 0 Å². The molecule has 2 heterocycles. The molecule has 1 aromatic rings. The Labute approximate surface area is 124 Å². The van der Waals surface area contributed by atoms with Crippen molar-refractivity contribution in [2.24, 2.45) is 13.0 Å². The maximum atomic E-state index is 12.8. The Bertz CT molecular complexity index is 526. The molecule has 1 aliphatic heterocycles. The minimum absolute atomic E-state index is 0.00371. The number of aryl methyl sites for hydroxylation is 1. The topological polar surface area (TPSA) is 67.6 Å². The number of carbonyl (C=O) groups excluding carboxylic acids is 1. The maximum Gasteiger partial charge on any atom is 0.274 e. The minimum Gasteiger partial charge on any atom is -0.396 e. The van der Waals surface area contributed by atoms with Gasteiger partial charge in [-0.15, -0.1) is 0 Å². The Hall–Kier alpha value is -1.40. The van der Waals surface area contributed by atoms with Crippen molar-refractivity contribution in [1.82, 2.24) is 14.7 Å². The molecule has 1 unspecified atom stereocenters. The highest BCUT2D eigenvalue weighted by Crippen LogP contribution is 2.25. The molecule has 3 rings (SSSR count). The minimum atomic E-state index is -0.0160. The van der Waals surface area contributed by atoms with Gasteiger partial charge in [-0.2, -0.15) is 5.10 Å². The highest BCUT2D eigenvalue weighted by Gasteiger charge is 2.29. The SMILES string of the molecule is Cn1nc(C(=O)N2CCOCC(CO)C2)c2c1CCCC2.